The molecule has 5 nitrogen and oxygen atoms in total. The monoisotopic (exact) mass is 414 g/mol. The molecular formula is C21H23ClN4OS. The van der Waals surface area contributed by atoms with Crippen LogP contribution in [0.15, 0.2) is 53.7 Å². The van der Waals surface area contributed by atoms with Gasteiger partial charge in [0.2, 0.25) is 5.91 Å². The van der Waals surface area contributed by atoms with Crippen molar-refractivity contribution in [2.45, 2.75) is 43.5 Å². The normalized spacial score (nSPS) is 12.8. The summed E-state index contributed by atoms with van der Waals surface area (Å²) in [7, 11) is 0. The van der Waals surface area contributed by atoms with Crippen molar-refractivity contribution in [2.24, 2.45) is 5.73 Å². The number of benzene rings is 2. The summed E-state index contributed by atoms with van der Waals surface area (Å²) in [4.78, 5) is 11.5. The number of primary amides is 1. The summed E-state index contributed by atoms with van der Waals surface area (Å²) in [5.41, 5.74) is 8.40. The molecule has 0 aliphatic heterocycles. The van der Waals surface area contributed by atoms with Gasteiger partial charge in [0.25, 0.3) is 0 Å². The number of hydrogen-bond donors (Lipinski definition) is 1. The van der Waals surface area contributed by atoms with E-state index >= 15 is 0 Å². The van der Waals surface area contributed by atoms with Crippen LogP contribution < -0.4 is 5.73 Å². The van der Waals surface area contributed by atoms with Gasteiger partial charge in [-0.05, 0) is 30.0 Å². The van der Waals surface area contributed by atoms with Gasteiger partial charge in [-0.3, -0.25) is 9.36 Å². The average Bonchev–Trinajstić information content (AvgIpc) is 3.04. The zero-order chi connectivity index (χ0) is 20.5. The number of rotatable bonds is 5. The van der Waals surface area contributed by atoms with E-state index in [1.165, 1.54) is 17.3 Å². The molecule has 1 amide bonds. The summed E-state index contributed by atoms with van der Waals surface area (Å²) in [6.07, 6.45) is 0. The summed E-state index contributed by atoms with van der Waals surface area (Å²) in [6.45, 7) is 8.27. The molecule has 28 heavy (non-hydrogen) atoms. The maximum Gasteiger partial charge on any atom is 0.230 e. The van der Waals surface area contributed by atoms with Gasteiger partial charge in [-0.15, -0.1) is 10.2 Å². The molecule has 0 spiro atoms. The van der Waals surface area contributed by atoms with Crippen LogP contribution in [0, 0.1) is 0 Å². The van der Waals surface area contributed by atoms with Gasteiger partial charge in [0, 0.05) is 5.56 Å². The van der Waals surface area contributed by atoms with Crippen molar-refractivity contribution in [1.82, 2.24) is 14.8 Å². The first kappa shape index (κ1) is 20.4. The molecule has 0 aliphatic rings. The van der Waals surface area contributed by atoms with Gasteiger partial charge >= 0.3 is 0 Å². The Labute approximate surface area is 174 Å². The lowest BCUT2D eigenvalue weighted by Crippen LogP contribution is -2.23. The van der Waals surface area contributed by atoms with E-state index in [-0.39, 0.29) is 5.41 Å². The highest BCUT2D eigenvalue weighted by atomic mass is 35.5. The van der Waals surface area contributed by atoms with Crippen molar-refractivity contribution < 1.29 is 4.79 Å². The Morgan fingerprint density at radius 2 is 1.75 bits per heavy atom. The van der Waals surface area contributed by atoms with Crippen molar-refractivity contribution in [1.29, 1.82) is 0 Å². The Morgan fingerprint density at radius 1 is 1.11 bits per heavy atom. The quantitative estimate of drug-likeness (QED) is 0.605. The number of carbonyl (C=O) groups excluding carboxylic acids is 1. The summed E-state index contributed by atoms with van der Waals surface area (Å²) in [5, 5.41) is 9.40. The van der Waals surface area contributed by atoms with Crippen molar-refractivity contribution in [3.8, 4) is 17.1 Å². The predicted molar refractivity (Wildman–Crippen MR) is 115 cm³/mol. The summed E-state index contributed by atoms with van der Waals surface area (Å²) < 4.78 is 1.87. The third-order valence-corrected chi connectivity index (χ3v) is 5.80. The van der Waals surface area contributed by atoms with Crippen LogP contribution in [0.1, 0.15) is 33.3 Å². The number of carbonyl (C=O) groups is 1. The van der Waals surface area contributed by atoms with Crippen molar-refractivity contribution in [3.05, 3.63) is 59.1 Å². The SMILES string of the molecule is CC(Sc1nnc(-c2ccc(C(C)(C)C)cc2)n1-c1ccccc1Cl)C(N)=O. The molecule has 1 unspecified atom stereocenters. The number of amides is 1. The van der Waals surface area contributed by atoms with Crippen molar-refractivity contribution in [3.63, 3.8) is 0 Å². The zero-order valence-electron chi connectivity index (χ0n) is 16.3. The highest BCUT2D eigenvalue weighted by Crippen LogP contribution is 2.33. The molecule has 0 radical (unpaired) electrons. The van der Waals surface area contributed by atoms with Gasteiger partial charge in [-0.2, -0.15) is 0 Å². The van der Waals surface area contributed by atoms with Crippen LogP contribution in [0.25, 0.3) is 17.1 Å². The van der Waals surface area contributed by atoms with Gasteiger partial charge < -0.3 is 5.73 Å². The number of hydrogen-bond acceptors (Lipinski definition) is 4. The fraction of sp³-hybridized carbons (Fsp3) is 0.286. The lowest BCUT2D eigenvalue weighted by atomic mass is 9.87. The van der Waals surface area contributed by atoms with Crippen molar-refractivity contribution in [2.75, 3.05) is 0 Å². The van der Waals surface area contributed by atoms with Crippen LogP contribution in [0.2, 0.25) is 5.02 Å². The average molecular weight is 415 g/mol. The topological polar surface area (TPSA) is 73.8 Å². The predicted octanol–water partition coefficient (Wildman–Crippen LogP) is 4.85. The molecular weight excluding hydrogens is 392 g/mol. The van der Waals surface area contributed by atoms with Gasteiger partial charge in [-0.1, -0.05) is 80.5 Å². The van der Waals surface area contributed by atoms with Crippen LogP contribution in [0.4, 0.5) is 0 Å². The van der Waals surface area contributed by atoms with E-state index in [2.05, 4.69) is 43.1 Å². The molecule has 0 aliphatic carbocycles. The molecule has 2 aromatic carbocycles. The van der Waals surface area contributed by atoms with Crippen LogP contribution in [-0.2, 0) is 10.2 Å². The second-order valence-electron chi connectivity index (χ2n) is 7.58. The lowest BCUT2D eigenvalue weighted by molar-refractivity contribution is -0.117. The van der Waals surface area contributed by atoms with Crippen LogP contribution in [0.5, 0.6) is 0 Å². The van der Waals surface area contributed by atoms with E-state index in [0.29, 0.717) is 16.0 Å². The van der Waals surface area contributed by atoms with Crippen LogP contribution in [0.3, 0.4) is 0 Å². The lowest BCUT2D eigenvalue weighted by Gasteiger charge is -2.19. The first-order valence-electron chi connectivity index (χ1n) is 8.95. The molecule has 1 aromatic heterocycles. The maximum atomic E-state index is 11.5. The van der Waals surface area contributed by atoms with Crippen molar-refractivity contribution >= 4 is 29.3 Å². The third kappa shape index (κ3) is 4.23. The minimum atomic E-state index is -0.443. The smallest absolute Gasteiger partial charge is 0.230 e. The number of nitrogens with two attached hydrogens (primary N) is 1. The highest BCUT2D eigenvalue weighted by molar-refractivity contribution is 8.00. The van der Waals surface area contributed by atoms with E-state index in [9.17, 15) is 4.79 Å². The second kappa shape index (κ2) is 7.97. The molecule has 7 heteroatoms. The van der Waals surface area contributed by atoms with Crippen LogP contribution >= 0.6 is 23.4 Å². The van der Waals surface area contributed by atoms with Gasteiger partial charge in [0.1, 0.15) is 0 Å². The Kier molecular flexibility index (Phi) is 5.82. The highest BCUT2D eigenvalue weighted by Gasteiger charge is 2.22. The molecule has 0 fully saturated rings. The van der Waals surface area contributed by atoms with E-state index in [1.807, 2.05) is 41.0 Å². The van der Waals surface area contributed by atoms with E-state index < -0.39 is 11.2 Å². The first-order chi connectivity index (χ1) is 13.2. The summed E-state index contributed by atoms with van der Waals surface area (Å²) in [6, 6.07) is 15.7. The first-order valence-corrected chi connectivity index (χ1v) is 10.2. The molecule has 0 saturated heterocycles. The number of thioether (sulfide) groups is 1. The fourth-order valence-electron chi connectivity index (χ4n) is 2.72. The molecule has 3 rings (SSSR count). The van der Waals surface area contributed by atoms with E-state index in [1.54, 1.807) is 6.92 Å². The Balaban J connectivity index is 2.13. The molecule has 1 atom stereocenters. The summed E-state index contributed by atoms with van der Waals surface area (Å²) in [5.74, 6) is 0.252. The van der Waals surface area contributed by atoms with Gasteiger partial charge in [0.15, 0.2) is 11.0 Å². The minimum absolute atomic E-state index is 0.0624. The second-order valence-corrected chi connectivity index (χ2v) is 9.30. The molecule has 0 bridgehead atoms. The molecule has 2 N–H and O–H groups in total. The summed E-state index contributed by atoms with van der Waals surface area (Å²) >= 11 is 7.71. The molecule has 1 heterocycles. The van der Waals surface area contributed by atoms with Gasteiger partial charge in [0.05, 0.1) is 16.0 Å². The number of halogens is 1. The molecule has 3 aromatic rings. The minimum Gasteiger partial charge on any atom is -0.369 e. The maximum absolute atomic E-state index is 11.5. The standard InChI is InChI=1S/C21H23ClN4OS/c1-13(18(23)27)28-20-25-24-19(26(20)17-8-6-5-7-16(17)22)14-9-11-15(12-10-14)21(2,3)4/h5-13H,1-4H3,(H2,23,27). The zero-order valence-corrected chi connectivity index (χ0v) is 17.9. The number of para-hydroxylation sites is 1. The Hall–Kier alpha value is -2.31. The van der Waals surface area contributed by atoms with Gasteiger partial charge in [-0.25, -0.2) is 0 Å². The largest absolute Gasteiger partial charge is 0.369 e. The number of nitrogens with zero attached hydrogens (tertiary/aromatic N) is 3. The third-order valence-electron chi connectivity index (χ3n) is 4.42. The van der Waals surface area contributed by atoms with E-state index in [4.69, 9.17) is 17.3 Å². The number of aromatic nitrogens is 3. The van der Waals surface area contributed by atoms with Crippen LogP contribution in [-0.4, -0.2) is 25.9 Å². The molecule has 0 saturated carbocycles. The van der Waals surface area contributed by atoms with E-state index in [0.717, 1.165) is 11.3 Å². The Morgan fingerprint density at radius 3 is 2.32 bits per heavy atom. The molecule has 146 valence electrons. The Bertz CT molecular complexity index is 992. The fourth-order valence-corrected chi connectivity index (χ4v) is 3.75.